The number of aromatic nitrogens is 2. The normalized spacial score (nSPS) is 12.2. The Morgan fingerprint density at radius 1 is 1.17 bits per heavy atom. The highest BCUT2D eigenvalue weighted by atomic mass is 35.5. The minimum atomic E-state index is -0.807. The van der Waals surface area contributed by atoms with Gasteiger partial charge >= 0.3 is 5.69 Å². The van der Waals surface area contributed by atoms with Gasteiger partial charge in [0.1, 0.15) is 11.8 Å². The van der Waals surface area contributed by atoms with Gasteiger partial charge in [-0.05, 0) is 50.6 Å². The molecule has 0 aliphatic rings. The molecule has 2 aromatic carbocycles. The molecule has 3 aromatic rings. The van der Waals surface area contributed by atoms with Crippen LogP contribution >= 0.6 is 11.6 Å². The molecule has 0 saturated heterocycles. The number of carbonyl (C=O) groups excluding carboxylic acids is 1. The quantitative estimate of drug-likeness (QED) is 0.651. The second kappa shape index (κ2) is 8.75. The number of carbonyl (C=O) groups is 1. The molecule has 1 unspecified atom stereocenters. The lowest BCUT2D eigenvalue weighted by Crippen LogP contribution is -2.45. The van der Waals surface area contributed by atoms with Crippen LogP contribution in [-0.4, -0.2) is 28.2 Å². The molecule has 30 heavy (non-hydrogen) atoms. The van der Waals surface area contributed by atoms with Gasteiger partial charge in [0.25, 0.3) is 5.56 Å². The van der Waals surface area contributed by atoms with Gasteiger partial charge in [0.2, 0.25) is 5.91 Å². The van der Waals surface area contributed by atoms with Crippen LogP contribution in [0.2, 0.25) is 5.02 Å². The number of nitrogens with zero attached hydrogens (tertiary/aromatic N) is 2. The van der Waals surface area contributed by atoms with Crippen molar-refractivity contribution < 1.29 is 9.53 Å². The number of benzene rings is 2. The number of amides is 1. The monoisotopic (exact) mass is 429 g/mol. The van der Waals surface area contributed by atoms with Crippen LogP contribution in [0.4, 0.5) is 0 Å². The molecule has 8 heteroatoms. The van der Waals surface area contributed by atoms with Gasteiger partial charge in [-0.25, -0.2) is 9.36 Å². The van der Waals surface area contributed by atoms with Crippen molar-refractivity contribution in [1.82, 2.24) is 14.5 Å². The van der Waals surface area contributed by atoms with Crippen molar-refractivity contribution >= 4 is 28.4 Å². The summed E-state index contributed by atoms with van der Waals surface area (Å²) in [5.74, 6) is 0.206. The molecule has 0 aliphatic carbocycles. The van der Waals surface area contributed by atoms with Crippen LogP contribution < -0.4 is 21.3 Å². The number of hydrogen-bond acceptors (Lipinski definition) is 4. The molecule has 7 nitrogen and oxygen atoms in total. The molecule has 1 aromatic heterocycles. The van der Waals surface area contributed by atoms with E-state index in [0.29, 0.717) is 28.4 Å². The predicted octanol–water partition coefficient (Wildman–Crippen LogP) is 3.29. The fourth-order valence-corrected chi connectivity index (χ4v) is 3.61. The molecule has 0 bridgehead atoms. The zero-order chi connectivity index (χ0) is 22.0. The number of nitrogens with one attached hydrogen (secondary N) is 1. The van der Waals surface area contributed by atoms with Crippen LogP contribution in [0.5, 0.6) is 5.75 Å². The van der Waals surface area contributed by atoms with Crippen molar-refractivity contribution in [2.75, 3.05) is 7.11 Å². The SMILES string of the molecule is CCC(C(=O)NC(C)C)n1c(=O)n(-c2cccc(OC)c2)c(=O)c2ccc(Cl)cc21. The van der Waals surface area contributed by atoms with E-state index < -0.39 is 17.3 Å². The van der Waals surface area contributed by atoms with Crippen molar-refractivity contribution in [2.45, 2.75) is 39.3 Å². The Bertz CT molecular complexity index is 1210. The summed E-state index contributed by atoms with van der Waals surface area (Å²) in [5.41, 5.74) is -0.430. The van der Waals surface area contributed by atoms with Crippen molar-refractivity contribution in [1.29, 1.82) is 0 Å². The highest BCUT2D eigenvalue weighted by Crippen LogP contribution is 2.22. The molecule has 3 rings (SSSR count). The van der Waals surface area contributed by atoms with Gasteiger partial charge in [-0.3, -0.25) is 14.2 Å². The lowest BCUT2D eigenvalue weighted by Gasteiger charge is -2.22. The number of ether oxygens (including phenoxy) is 1. The average molecular weight is 430 g/mol. The maximum absolute atomic E-state index is 13.6. The topological polar surface area (TPSA) is 82.3 Å². The van der Waals surface area contributed by atoms with Gasteiger partial charge in [0.05, 0.1) is 23.7 Å². The minimum absolute atomic E-state index is 0.0959. The Kier molecular flexibility index (Phi) is 6.31. The van der Waals surface area contributed by atoms with Gasteiger partial charge in [-0.2, -0.15) is 0 Å². The zero-order valence-electron chi connectivity index (χ0n) is 17.3. The molecule has 1 amide bonds. The molecular formula is C22H24ClN3O4. The van der Waals surface area contributed by atoms with Crippen LogP contribution in [-0.2, 0) is 4.79 Å². The first-order valence-electron chi connectivity index (χ1n) is 9.70. The smallest absolute Gasteiger partial charge is 0.336 e. The number of rotatable bonds is 6. The van der Waals surface area contributed by atoms with Gasteiger partial charge < -0.3 is 10.1 Å². The van der Waals surface area contributed by atoms with Crippen molar-refractivity contribution in [2.24, 2.45) is 0 Å². The lowest BCUT2D eigenvalue weighted by atomic mass is 10.1. The summed E-state index contributed by atoms with van der Waals surface area (Å²) in [6.45, 7) is 5.51. The molecule has 158 valence electrons. The van der Waals surface area contributed by atoms with E-state index in [2.05, 4.69) is 5.32 Å². The van der Waals surface area contributed by atoms with E-state index in [1.54, 1.807) is 42.5 Å². The van der Waals surface area contributed by atoms with E-state index in [-0.39, 0.29) is 17.3 Å². The Morgan fingerprint density at radius 2 is 1.90 bits per heavy atom. The predicted molar refractivity (Wildman–Crippen MR) is 118 cm³/mol. The summed E-state index contributed by atoms with van der Waals surface area (Å²) in [6, 6.07) is 10.5. The first-order chi connectivity index (χ1) is 14.3. The fourth-order valence-electron chi connectivity index (χ4n) is 3.45. The molecule has 1 N–H and O–H groups in total. The molecule has 1 atom stereocenters. The second-order valence-electron chi connectivity index (χ2n) is 7.24. The van der Waals surface area contributed by atoms with Crippen molar-refractivity contribution in [3.05, 3.63) is 68.3 Å². The second-order valence-corrected chi connectivity index (χ2v) is 7.68. The minimum Gasteiger partial charge on any atom is -0.497 e. The zero-order valence-corrected chi connectivity index (χ0v) is 18.1. The maximum atomic E-state index is 13.6. The summed E-state index contributed by atoms with van der Waals surface area (Å²) in [4.78, 5) is 39.7. The molecule has 0 fully saturated rings. The number of methoxy groups -OCH3 is 1. The summed E-state index contributed by atoms with van der Waals surface area (Å²) >= 11 is 6.16. The van der Waals surface area contributed by atoms with E-state index in [1.807, 2.05) is 20.8 Å². The van der Waals surface area contributed by atoms with E-state index in [9.17, 15) is 14.4 Å². The van der Waals surface area contributed by atoms with Crippen LogP contribution in [0, 0.1) is 0 Å². The standard InChI is InChI=1S/C22H24ClN3O4/c1-5-18(20(27)24-13(2)3)26-19-11-14(23)9-10-17(19)21(28)25(22(26)29)15-7-6-8-16(12-15)30-4/h6-13,18H,5H2,1-4H3,(H,24,27). The van der Waals surface area contributed by atoms with E-state index >= 15 is 0 Å². The summed E-state index contributed by atoms with van der Waals surface area (Å²) in [5, 5.41) is 3.51. The van der Waals surface area contributed by atoms with Crippen molar-refractivity contribution in [3.8, 4) is 11.4 Å². The highest BCUT2D eigenvalue weighted by Gasteiger charge is 2.25. The molecular weight excluding hydrogens is 406 g/mol. The number of fused-ring (bicyclic) bond motifs is 1. The third-order valence-corrected chi connectivity index (χ3v) is 5.03. The van der Waals surface area contributed by atoms with E-state index in [4.69, 9.17) is 16.3 Å². The average Bonchev–Trinajstić information content (AvgIpc) is 2.70. The number of hydrogen-bond donors (Lipinski definition) is 1. The number of halogens is 1. The molecule has 0 spiro atoms. The lowest BCUT2D eigenvalue weighted by molar-refractivity contribution is -0.124. The highest BCUT2D eigenvalue weighted by molar-refractivity contribution is 6.31. The first kappa shape index (κ1) is 21.6. The Labute approximate surface area is 178 Å². The van der Waals surface area contributed by atoms with E-state index in [1.165, 1.54) is 11.7 Å². The van der Waals surface area contributed by atoms with Gasteiger partial charge in [0.15, 0.2) is 0 Å². The largest absolute Gasteiger partial charge is 0.497 e. The van der Waals surface area contributed by atoms with Crippen LogP contribution in [0.3, 0.4) is 0 Å². The van der Waals surface area contributed by atoms with Crippen LogP contribution in [0.25, 0.3) is 16.6 Å². The van der Waals surface area contributed by atoms with Crippen molar-refractivity contribution in [3.63, 3.8) is 0 Å². The Hall–Kier alpha value is -3.06. The maximum Gasteiger partial charge on any atom is 0.336 e. The molecule has 0 aliphatic heterocycles. The Morgan fingerprint density at radius 3 is 2.53 bits per heavy atom. The summed E-state index contributed by atoms with van der Waals surface area (Å²) < 4.78 is 7.64. The Balaban J connectivity index is 2.40. The molecule has 0 radical (unpaired) electrons. The third-order valence-electron chi connectivity index (χ3n) is 4.79. The molecule has 1 heterocycles. The van der Waals surface area contributed by atoms with Gasteiger partial charge in [-0.1, -0.05) is 24.6 Å². The summed E-state index contributed by atoms with van der Waals surface area (Å²) in [7, 11) is 1.51. The van der Waals surface area contributed by atoms with Gasteiger partial charge in [-0.15, -0.1) is 0 Å². The third kappa shape index (κ3) is 3.98. The van der Waals surface area contributed by atoms with Gasteiger partial charge in [0, 0.05) is 17.1 Å². The fraction of sp³-hybridized carbons (Fsp3) is 0.318. The van der Waals surface area contributed by atoms with Crippen LogP contribution in [0.1, 0.15) is 33.2 Å². The van der Waals surface area contributed by atoms with Crippen LogP contribution in [0.15, 0.2) is 52.1 Å². The van der Waals surface area contributed by atoms with E-state index in [0.717, 1.165) is 4.57 Å². The molecule has 0 saturated carbocycles. The first-order valence-corrected chi connectivity index (χ1v) is 10.1. The summed E-state index contributed by atoms with van der Waals surface area (Å²) in [6.07, 6.45) is 0.358.